The summed E-state index contributed by atoms with van der Waals surface area (Å²) in [6.45, 7) is 5.37. The molecule has 0 unspecified atom stereocenters. The minimum atomic E-state index is -4.24. The van der Waals surface area contributed by atoms with Gasteiger partial charge in [0.05, 0.1) is 5.60 Å². The summed E-state index contributed by atoms with van der Waals surface area (Å²) in [7, 11) is 0. The highest BCUT2D eigenvalue weighted by atomic mass is 19.4. The third-order valence-corrected chi connectivity index (χ3v) is 3.25. The van der Waals surface area contributed by atoms with E-state index in [-0.39, 0.29) is 5.54 Å². The van der Waals surface area contributed by atoms with Gasteiger partial charge in [-0.1, -0.05) is 19.3 Å². The number of rotatable bonds is 4. The summed E-state index contributed by atoms with van der Waals surface area (Å²) >= 11 is 0. The van der Waals surface area contributed by atoms with Crippen LogP contribution in [0.2, 0.25) is 0 Å². The van der Waals surface area contributed by atoms with E-state index in [9.17, 15) is 13.2 Å². The van der Waals surface area contributed by atoms with Crippen LogP contribution in [-0.4, -0.2) is 30.5 Å². The molecule has 0 spiro atoms. The van der Waals surface area contributed by atoms with Crippen LogP contribution in [-0.2, 0) is 4.74 Å². The van der Waals surface area contributed by atoms with Crippen molar-refractivity contribution >= 4 is 0 Å². The van der Waals surface area contributed by atoms with Crippen molar-refractivity contribution in [2.24, 2.45) is 0 Å². The molecule has 1 rings (SSSR count). The second-order valence-electron chi connectivity index (χ2n) is 6.25. The van der Waals surface area contributed by atoms with Crippen LogP contribution < -0.4 is 5.32 Å². The van der Waals surface area contributed by atoms with Gasteiger partial charge in [0.25, 0.3) is 0 Å². The van der Waals surface area contributed by atoms with E-state index < -0.39 is 18.4 Å². The molecule has 1 aliphatic carbocycles. The Hall–Kier alpha value is -0.290. The Morgan fingerprint density at radius 1 is 1.06 bits per heavy atom. The van der Waals surface area contributed by atoms with Gasteiger partial charge >= 0.3 is 6.18 Å². The first-order valence-corrected chi connectivity index (χ1v) is 6.58. The molecule has 0 saturated heterocycles. The zero-order valence-corrected chi connectivity index (χ0v) is 11.5. The zero-order valence-electron chi connectivity index (χ0n) is 11.5. The lowest BCUT2D eigenvalue weighted by molar-refractivity contribution is -0.210. The highest BCUT2D eigenvalue weighted by Gasteiger charge is 2.38. The molecule has 18 heavy (non-hydrogen) atoms. The Morgan fingerprint density at radius 2 is 1.61 bits per heavy atom. The fourth-order valence-corrected chi connectivity index (χ4v) is 2.23. The Bertz CT molecular complexity index is 232. The lowest BCUT2D eigenvalue weighted by Gasteiger charge is -2.39. The van der Waals surface area contributed by atoms with Crippen molar-refractivity contribution in [2.75, 3.05) is 13.2 Å². The van der Waals surface area contributed by atoms with E-state index in [1.807, 2.05) is 20.8 Å². The molecule has 0 radical (unpaired) electrons. The fourth-order valence-electron chi connectivity index (χ4n) is 2.23. The van der Waals surface area contributed by atoms with Crippen LogP contribution in [0.5, 0.6) is 0 Å². The number of nitrogens with one attached hydrogen (secondary N) is 1. The molecule has 1 N–H and O–H groups in total. The van der Waals surface area contributed by atoms with Crippen molar-refractivity contribution < 1.29 is 17.9 Å². The maximum Gasteiger partial charge on any atom is 0.411 e. The molecular formula is C13H24F3NO. The average molecular weight is 267 g/mol. The van der Waals surface area contributed by atoms with Crippen molar-refractivity contribution in [1.29, 1.82) is 0 Å². The van der Waals surface area contributed by atoms with Gasteiger partial charge in [-0.3, -0.25) is 0 Å². The molecule has 0 aromatic heterocycles. The van der Waals surface area contributed by atoms with Crippen molar-refractivity contribution in [2.45, 2.75) is 70.2 Å². The number of hydrogen-bond acceptors (Lipinski definition) is 2. The summed E-state index contributed by atoms with van der Waals surface area (Å²) in [5, 5.41) is 3.28. The van der Waals surface area contributed by atoms with Crippen molar-refractivity contribution in [3.8, 4) is 0 Å². The van der Waals surface area contributed by atoms with Crippen molar-refractivity contribution in [3.63, 3.8) is 0 Å². The van der Waals surface area contributed by atoms with E-state index in [4.69, 9.17) is 4.74 Å². The molecule has 1 fully saturated rings. The minimum absolute atomic E-state index is 0.105. The summed E-state index contributed by atoms with van der Waals surface area (Å²) in [5.41, 5.74) is -0.743. The molecule has 0 aromatic rings. The fraction of sp³-hybridized carbons (Fsp3) is 1.00. The van der Waals surface area contributed by atoms with Gasteiger partial charge < -0.3 is 10.1 Å². The van der Waals surface area contributed by atoms with Crippen LogP contribution in [0, 0.1) is 0 Å². The number of alkyl halides is 3. The third kappa shape index (κ3) is 6.05. The predicted molar refractivity (Wildman–Crippen MR) is 65.6 cm³/mol. The number of halogens is 3. The van der Waals surface area contributed by atoms with Gasteiger partial charge in [-0.05, 0) is 33.6 Å². The van der Waals surface area contributed by atoms with Gasteiger partial charge in [0, 0.05) is 12.1 Å². The Balaban J connectivity index is 2.57. The van der Waals surface area contributed by atoms with Crippen LogP contribution in [0.1, 0.15) is 52.9 Å². The van der Waals surface area contributed by atoms with E-state index in [0.717, 1.165) is 19.3 Å². The summed E-state index contributed by atoms with van der Waals surface area (Å²) in [6.07, 6.45) is 0.171. The molecule has 0 amide bonds. The van der Waals surface area contributed by atoms with Crippen LogP contribution in [0.3, 0.4) is 0 Å². The third-order valence-electron chi connectivity index (χ3n) is 3.25. The average Bonchev–Trinajstić information content (AvgIpc) is 2.24. The van der Waals surface area contributed by atoms with Gasteiger partial charge in [0.1, 0.15) is 6.61 Å². The van der Waals surface area contributed by atoms with Crippen LogP contribution in [0.15, 0.2) is 0 Å². The Kier molecular flexibility index (Phi) is 5.06. The molecule has 0 aromatic carbocycles. The van der Waals surface area contributed by atoms with Gasteiger partial charge in [0.2, 0.25) is 0 Å². The maximum atomic E-state index is 12.3. The van der Waals surface area contributed by atoms with Gasteiger partial charge in [-0.2, -0.15) is 13.2 Å². The van der Waals surface area contributed by atoms with Crippen LogP contribution >= 0.6 is 0 Å². The molecule has 0 aliphatic heterocycles. The standard InChI is InChI=1S/C13H24F3NO/c1-11(2,3)17-9-12(7-5-4-6-8-12)18-10-13(14,15)16/h17H,4-10H2,1-3H3. The number of ether oxygens (including phenoxy) is 1. The lowest BCUT2D eigenvalue weighted by atomic mass is 9.84. The molecule has 108 valence electrons. The Morgan fingerprint density at radius 3 is 2.06 bits per heavy atom. The van der Waals surface area contributed by atoms with E-state index in [1.165, 1.54) is 0 Å². The zero-order chi connectivity index (χ0) is 13.9. The van der Waals surface area contributed by atoms with E-state index in [1.54, 1.807) is 0 Å². The largest absolute Gasteiger partial charge is 0.411 e. The summed E-state index contributed by atoms with van der Waals surface area (Å²) in [4.78, 5) is 0. The Labute approximate surface area is 107 Å². The van der Waals surface area contributed by atoms with Gasteiger partial charge in [0.15, 0.2) is 0 Å². The quantitative estimate of drug-likeness (QED) is 0.839. The highest BCUT2D eigenvalue weighted by Crippen LogP contribution is 2.33. The van der Waals surface area contributed by atoms with E-state index in [0.29, 0.717) is 19.4 Å². The minimum Gasteiger partial charge on any atom is -0.364 e. The summed E-state index contributed by atoms with van der Waals surface area (Å²) < 4.78 is 42.2. The molecular weight excluding hydrogens is 243 g/mol. The number of hydrogen-bond donors (Lipinski definition) is 1. The summed E-state index contributed by atoms with van der Waals surface area (Å²) in [5.74, 6) is 0. The molecule has 0 heterocycles. The SMILES string of the molecule is CC(C)(C)NCC1(OCC(F)(F)F)CCCCC1. The predicted octanol–water partition coefficient (Wildman–Crippen LogP) is 3.66. The second-order valence-corrected chi connectivity index (χ2v) is 6.25. The highest BCUT2D eigenvalue weighted by molar-refractivity contribution is 4.89. The van der Waals surface area contributed by atoms with E-state index in [2.05, 4.69) is 5.32 Å². The molecule has 1 aliphatic rings. The summed E-state index contributed by atoms with van der Waals surface area (Å²) in [6, 6.07) is 0. The van der Waals surface area contributed by atoms with Crippen molar-refractivity contribution in [3.05, 3.63) is 0 Å². The molecule has 5 heteroatoms. The van der Waals surface area contributed by atoms with Crippen molar-refractivity contribution in [1.82, 2.24) is 5.32 Å². The smallest absolute Gasteiger partial charge is 0.364 e. The van der Waals surface area contributed by atoms with Gasteiger partial charge in [-0.25, -0.2) is 0 Å². The first kappa shape index (κ1) is 15.8. The second kappa shape index (κ2) is 5.78. The molecule has 2 nitrogen and oxygen atoms in total. The van der Waals surface area contributed by atoms with Gasteiger partial charge in [-0.15, -0.1) is 0 Å². The maximum absolute atomic E-state index is 12.3. The van der Waals surface area contributed by atoms with Crippen LogP contribution in [0.25, 0.3) is 0 Å². The molecule has 0 atom stereocenters. The first-order chi connectivity index (χ1) is 8.12. The first-order valence-electron chi connectivity index (χ1n) is 6.58. The molecule has 0 bridgehead atoms. The lowest BCUT2D eigenvalue weighted by Crippen LogP contribution is -2.51. The molecule has 1 saturated carbocycles. The van der Waals surface area contributed by atoms with E-state index >= 15 is 0 Å². The van der Waals surface area contributed by atoms with Crippen LogP contribution in [0.4, 0.5) is 13.2 Å². The topological polar surface area (TPSA) is 21.3 Å². The monoisotopic (exact) mass is 267 g/mol. The normalized spacial score (nSPS) is 21.0.